The Morgan fingerprint density at radius 2 is 1.83 bits per heavy atom. The molecule has 1 aliphatic carbocycles. The molecule has 0 N–H and O–H groups in total. The van der Waals surface area contributed by atoms with Gasteiger partial charge in [-0.05, 0) is 25.2 Å². The van der Waals surface area contributed by atoms with Gasteiger partial charge in [-0.3, -0.25) is 0 Å². The molecule has 4 heterocycles. The lowest BCUT2D eigenvalue weighted by Gasteiger charge is -2.34. The Balaban J connectivity index is 1.42. The third-order valence-electron chi connectivity index (χ3n) is 6.02. The molecule has 1 fully saturated rings. The van der Waals surface area contributed by atoms with Crippen LogP contribution < -0.4 is 4.90 Å². The number of aryl methyl sites for hydroxylation is 2. The molecule has 0 spiro atoms. The van der Waals surface area contributed by atoms with Crippen LogP contribution in [0, 0.1) is 5.92 Å². The minimum Gasteiger partial charge on any atom is -0.352 e. The molecule has 5 rings (SSSR count). The summed E-state index contributed by atoms with van der Waals surface area (Å²) in [6, 6.07) is 0. The molecule has 0 amide bonds. The van der Waals surface area contributed by atoms with Crippen molar-refractivity contribution in [2.45, 2.75) is 31.3 Å². The van der Waals surface area contributed by atoms with Gasteiger partial charge >= 0.3 is 0 Å². The first kappa shape index (κ1) is 18.6. The molecule has 0 saturated carbocycles. The molecule has 29 heavy (non-hydrogen) atoms. The van der Waals surface area contributed by atoms with Crippen molar-refractivity contribution in [1.29, 1.82) is 0 Å². The molecule has 2 aliphatic rings. The van der Waals surface area contributed by atoms with Crippen LogP contribution in [0.2, 0.25) is 0 Å². The molecule has 9 nitrogen and oxygen atoms in total. The Labute approximate surface area is 170 Å². The van der Waals surface area contributed by atoms with Gasteiger partial charge in [0.1, 0.15) is 5.52 Å². The highest BCUT2D eigenvalue weighted by molar-refractivity contribution is 7.89. The highest BCUT2D eigenvalue weighted by Gasteiger charge is 2.33. The summed E-state index contributed by atoms with van der Waals surface area (Å²) in [7, 11) is -1.89. The van der Waals surface area contributed by atoms with Crippen LogP contribution in [0.3, 0.4) is 0 Å². The van der Waals surface area contributed by atoms with Crippen molar-refractivity contribution in [3.05, 3.63) is 36.0 Å². The Kier molecular flexibility index (Phi) is 4.36. The Morgan fingerprint density at radius 3 is 2.55 bits per heavy atom. The SMILES string of the molecule is CC1CCc2nn3ccnc(N4CCN(S(=O)(=O)c5nccn5C)CC4)c3c2C1. The number of imidazole rings is 1. The maximum absolute atomic E-state index is 12.9. The van der Waals surface area contributed by atoms with Gasteiger partial charge in [0.15, 0.2) is 5.82 Å². The van der Waals surface area contributed by atoms with Gasteiger partial charge in [0.05, 0.1) is 5.69 Å². The van der Waals surface area contributed by atoms with Crippen LogP contribution >= 0.6 is 0 Å². The molecular weight excluding hydrogens is 390 g/mol. The fourth-order valence-electron chi connectivity index (χ4n) is 4.43. The largest absolute Gasteiger partial charge is 0.352 e. The van der Waals surface area contributed by atoms with Gasteiger partial charge in [0, 0.05) is 63.6 Å². The van der Waals surface area contributed by atoms with Crippen LogP contribution in [-0.4, -0.2) is 63.1 Å². The lowest BCUT2D eigenvalue weighted by molar-refractivity contribution is 0.379. The van der Waals surface area contributed by atoms with Gasteiger partial charge in [-0.25, -0.2) is 22.9 Å². The van der Waals surface area contributed by atoms with Crippen molar-refractivity contribution in [3.8, 4) is 0 Å². The zero-order chi connectivity index (χ0) is 20.2. The quantitative estimate of drug-likeness (QED) is 0.637. The van der Waals surface area contributed by atoms with E-state index in [0.717, 1.165) is 24.2 Å². The minimum absolute atomic E-state index is 0.0880. The topological polar surface area (TPSA) is 88.6 Å². The van der Waals surface area contributed by atoms with E-state index in [0.29, 0.717) is 32.1 Å². The number of aromatic nitrogens is 5. The number of rotatable bonds is 3. The number of sulfonamides is 1. The van der Waals surface area contributed by atoms with E-state index < -0.39 is 10.0 Å². The lowest BCUT2D eigenvalue weighted by atomic mass is 9.88. The van der Waals surface area contributed by atoms with Crippen LogP contribution in [0.25, 0.3) is 5.52 Å². The second kappa shape index (κ2) is 6.81. The van der Waals surface area contributed by atoms with E-state index in [4.69, 9.17) is 5.10 Å². The van der Waals surface area contributed by atoms with Crippen LogP contribution in [0.4, 0.5) is 5.82 Å². The average molecular weight is 416 g/mol. The molecular formula is C19H25N7O2S. The summed E-state index contributed by atoms with van der Waals surface area (Å²) >= 11 is 0. The van der Waals surface area contributed by atoms with Crippen LogP contribution in [-0.2, 0) is 29.9 Å². The molecule has 3 aromatic rings. The van der Waals surface area contributed by atoms with Crippen molar-refractivity contribution in [1.82, 2.24) is 28.5 Å². The fourth-order valence-corrected chi connectivity index (χ4v) is 5.92. The van der Waals surface area contributed by atoms with Crippen LogP contribution in [0.1, 0.15) is 24.6 Å². The summed E-state index contributed by atoms with van der Waals surface area (Å²) in [6.45, 7) is 4.27. The molecule has 154 valence electrons. The number of piperazine rings is 1. The molecule has 1 unspecified atom stereocenters. The molecule has 3 aromatic heterocycles. The Morgan fingerprint density at radius 1 is 1.07 bits per heavy atom. The van der Waals surface area contributed by atoms with Crippen molar-refractivity contribution in [2.75, 3.05) is 31.1 Å². The second-order valence-corrected chi connectivity index (χ2v) is 9.86. The Hall–Kier alpha value is -2.46. The van der Waals surface area contributed by atoms with E-state index in [-0.39, 0.29) is 5.16 Å². The fraction of sp³-hybridized carbons (Fsp3) is 0.526. The van der Waals surface area contributed by atoms with E-state index in [1.54, 1.807) is 24.0 Å². The van der Waals surface area contributed by atoms with Gasteiger partial charge in [-0.2, -0.15) is 9.40 Å². The molecule has 0 radical (unpaired) electrons. The summed E-state index contributed by atoms with van der Waals surface area (Å²) in [5.41, 5.74) is 3.55. The molecule has 1 saturated heterocycles. The first-order valence-electron chi connectivity index (χ1n) is 10.0. The van der Waals surface area contributed by atoms with Gasteiger partial charge in [0.2, 0.25) is 5.16 Å². The predicted molar refractivity (Wildman–Crippen MR) is 108 cm³/mol. The lowest BCUT2D eigenvalue weighted by Crippen LogP contribution is -2.49. The van der Waals surface area contributed by atoms with Crippen molar-refractivity contribution in [2.24, 2.45) is 13.0 Å². The summed E-state index contributed by atoms with van der Waals surface area (Å²) in [4.78, 5) is 10.9. The number of hydrogen-bond donors (Lipinski definition) is 0. The highest BCUT2D eigenvalue weighted by atomic mass is 32.2. The molecule has 10 heteroatoms. The molecule has 0 bridgehead atoms. The first-order chi connectivity index (χ1) is 13.9. The molecule has 1 atom stereocenters. The average Bonchev–Trinajstić information content (AvgIpc) is 3.31. The molecule has 0 aromatic carbocycles. The van der Waals surface area contributed by atoms with Crippen LogP contribution in [0.15, 0.2) is 29.9 Å². The van der Waals surface area contributed by atoms with Gasteiger partial charge in [0.25, 0.3) is 10.0 Å². The standard InChI is InChI=1S/C19H25N7O2S/c1-14-3-4-16-15(13-14)17-18(20-6-8-26(17)22-16)24-9-11-25(12-10-24)29(27,28)19-21-5-7-23(19)2/h5-8,14H,3-4,9-13H2,1-2H3. The van der Waals surface area contributed by atoms with E-state index in [9.17, 15) is 8.42 Å². The summed E-state index contributed by atoms with van der Waals surface area (Å²) in [6.07, 6.45) is 10.0. The third-order valence-corrected chi connectivity index (χ3v) is 7.92. The van der Waals surface area contributed by atoms with E-state index in [1.807, 2.05) is 10.7 Å². The minimum atomic E-state index is -3.59. The van der Waals surface area contributed by atoms with Gasteiger partial charge in [-0.15, -0.1) is 0 Å². The zero-order valence-corrected chi connectivity index (χ0v) is 17.5. The normalized spacial score (nSPS) is 20.9. The summed E-state index contributed by atoms with van der Waals surface area (Å²) in [5, 5.41) is 4.86. The van der Waals surface area contributed by atoms with Gasteiger partial charge < -0.3 is 9.47 Å². The van der Waals surface area contributed by atoms with Crippen molar-refractivity contribution >= 4 is 21.4 Å². The number of hydrogen-bond acceptors (Lipinski definition) is 6. The monoisotopic (exact) mass is 415 g/mol. The smallest absolute Gasteiger partial charge is 0.277 e. The molecule has 1 aliphatic heterocycles. The predicted octanol–water partition coefficient (Wildman–Crippen LogP) is 1.10. The number of anilines is 1. The maximum Gasteiger partial charge on any atom is 0.277 e. The van der Waals surface area contributed by atoms with E-state index >= 15 is 0 Å². The third kappa shape index (κ3) is 3.01. The van der Waals surface area contributed by atoms with E-state index in [1.165, 1.54) is 28.2 Å². The zero-order valence-electron chi connectivity index (χ0n) is 16.7. The van der Waals surface area contributed by atoms with Gasteiger partial charge in [-0.1, -0.05) is 6.92 Å². The van der Waals surface area contributed by atoms with E-state index in [2.05, 4.69) is 21.8 Å². The summed E-state index contributed by atoms with van der Waals surface area (Å²) in [5.74, 6) is 1.55. The summed E-state index contributed by atoms with van der Waals surface area (Å²) < 4.78 is 30.8. The first-order valence-corrected chi connectivity index (χ1v) is 11.5. The second-order valence-electron chi connectivity index (χ2n) is 8.03. The Bertz CT molecular complexity index is 1160. The van der Waals surface area contributed by atoms with Crippen molar-refractivity contribution in [3.63, 3.8) is 0 Å². The maximum atomic E-state index is 12.9. The van der Waals surface area contributed by atoms with Crippen LogP contribution in [0.5, 0.6) is 0 Å². The number of fused-ring (bicyclic) bond motifs is 3. The number of nitrogens with zero attached hydrogens (tertiary/aromatic N) is 7. The van der Waals surface area contributed by atoms with Crippen molar-refractivity contribution < 1.29 is 8.42 Å². The highest BCUT2D eigenvalue weighted by Crippen LogP contribution is 2.32.